The molecule has 0 atom stereocenters. The molecule has 0 unspecified atom stereocenters. The normalized spacial score (nSPS) is 10.8. The van der Waals surface area contributed by atoms with Gasteiger partial charge in [0.2, 0.25) is 5.89 Å². The van der Waals surface area contributed by atoms with Crippen molar-refractivity contribution in [3.8, 4) is 23.2 Å². The van der Waals surface area contributed by atoms with Crippen LogP contribution < -0.4 is 5.56 Å². The summed E-state index contributed by atoms with van der Waals surface area (Å²) >= 11 is 1.41. The van der Waals surface area contributed by atoms with Gasteiger partial charge in [-0.05, 0) is 48.5 Å². The monoisotopic (exact) mass is 436 g/mol. The fourth-order valence-corrected chi connectivity index (χ4v) is 4.24. The first-order valence-corrected chi connectivity index (χ1v) is 10.9. The average Bonchev–Trinajstić information content (AvgIpc) is 3.33. The standard InChI is InChI=1S/C25H16N4O2S/c26-14-17-10-12-20(13-11-17)29-24(30)21-8-4-5-9-22(21)28-25(29)32-16-19-15-31-23(27-19)18-6-2-1-3-7-18/h1-13,15H,16H2. The van der Waals surface area contributed by atoms with Crippen molar-refractivity contribution in [2.75, 3.05) is 0 Å². The maximum atomic E-state index is 13.3. The van der Waals surface area contributed by atoms with E-state index < -0.39 is 0 Å². The molecule has 2 heterocycles. The molecule has 0 saturated heterocycles. The van der Waals surface area contributed by atoms with Crippen molar-refractivity contribution in [3.05, 3.63) is 107 Å². The van der Waals surface area contributed by atoms with Crippen molar-refractivity contribution in [3.63, 3.8) is 0 Å². The van der Waals surface area contributed by atoms with Crippen LogP contribution in [0.4, 0.5) is 0 Å². The Morgan fingerprint density at radius 1 is 0.938 bits per heavy atom. The fourth-order valence-electron chi connectivity index (χ4n) is 3.35. The van der Waals surface area contributed by atoms with Gasteiger partial charge in [0.05, 0.1) is 33.9 Å². The summed E-state index contributed by atoms with van der Waals surface area (Å²) < 4.78 is 7.21. The zero-order chi connectivity index (χ0) is 21.9. The van der Waals surface area contributed by atoms with Gasteiger partial charge in [-0.3, -0.25) is 9.36 Å². The average molecular weight is 436 g/mol. The first-order chi connectivity index (χ1) is 15.7. The number of aromatic nitrogens is 3. The van der Waals surface area contributed by atoms with E-state index in [0.717, 1.165) is 11.3 Å². The molecule has 0 aliphatic rings. The highest BCUT2D eigenvalue weighted by atomic mass is 32.2. The van der Waals surface area contributed by atoms with Crippen LogP contribution in [-0.4, -0.2) is 14.5 Å². The highest BCUT2D eigenvalue weighted by Gasteiger charge is 2.15. The molecule has 32 heavy (non-hydrogen) atoms. The lowest BCUT2D eigenvalue weighted by molar-refractivity contribution is 0.573. The molecular formula is C25H16N4O2S. The van der Waals surface area contributed by atoms with Crippen LogP contribution in [0.3, 0.4) is 0 Å². The highest BCUT2D eigenvalue weighted by Crippen LogP contribution is 2.26. The van der Waals surface area contributed by atoms with Crippen molar-refractivity contribution in [2.24, 2.45) is 0 Å². The molecule has 7 heteroatoms. The van der Waals surface area contributed by atoms with Crippen LogP contribution in [0.2, 0.25) is 0 Å². The molecule has 0 spiro atoms. The van der Waals surface area contributed by atoms with E-state index in [4.69, 9.17) is 14.7 Å². The number of hydrogen-bond acceptors (Lipinski definition) is 6. The molecule has 0 N–H and O–H groups in total. The molecule has 0 aliphatic heterocycles. The molecule has 6 nitrogen and oxygen atoms in total. The van der Waals surface area contributed by atoms with E-state index in [1.165, 1.54) is 11.8 Å². The predicted octanol–water partition coefficient (Wildman–Crippen LogP) is 5.20. The van der Waals surface area contributed by atoms with Crippen molar-refractivity contribution >= 4 is 22.7 Å². The molecule has 5 rings (SSSR count). The van der Waals surface area contributed by atoms with Gasteiger partial charge in [-0.15, -0.1) is 0 Å². The van der Waals surface area contributed by atoms with Crippen LogP contribution in [0.15, 0.2) is 99.5 Å². The summed E-state index contributed by atoms with van der Waals surface area (Å²) in [6.07, 6.45) is 1.63. The van der Waals surface area contributed by atoms with Crippen LogP contribution in [0.5, 0.6) is 0 Å². The van der Waals surface area contributed by atoms with E-state index in [-0.39, 0.29) is 5.56 Å². The molecular weight excluding hydrogens is 420 g/mol. The Balaban J connectivity index is 1.52. The molecule has 3 aromatic carbocycles. The smallest absolute Gasteiger partial charge is 0.266 e. The largest absolute Gasteiger partial charge is 0.444 e. The number of rotatable bonds is 5. The quantitative estimate of drug-likeness (QED) is 0.278. The summed E-state index contributed by atoms with van der Waals surface area (Å²) in [4.78, 5) is 22.6. The zero-order valence-electron chi connectivity index (χ0n) is 16.8. The Hall–Kier alpha value is -4.15. The van der Waals surface area contributed by atoms with Crippen LogP contribution in [0.25, 0.3) is 28.0 Å². The molecule has 154 valence electrons. The van der Waals surface area contributed by atoms with Crippen LogP contribution in [-0.2, 0) is 5.75 Å². The van der Waals surface area contributed by atoms with Crippen molar-refractivity contribution in [1.82, 2.24) is 14.5 Å². The number of hydrogen-bond donors (Lipinski definition) is 0. The minimum absolute atomic E-state index is 0.159. The van der Waals surface area contributed by atoms with Crippen molar-refractivity contribution in [2.45, 2.75) is 10.9 Å². The summed E-state index contributed by atoms with van der Waals surface area (Å²) in [6, 6.07) is 26.0. The number of fused-ring (bicyclic) bond motifs is 1. The summed E-state index contributed by atoms with van der Waals surface area (Å²) in [6.45, 7) is 0. The van der Waals surface area contributed by atoms with E-state index in [0.29, 0.717) is 39.0 Å². The van der Waals surface area contributed by atoms with Gasteiger partial charge in [0, 0.05) is 11.3 Å². The van der Waals surface area contributed by atoms with Crippen molar-refractivity contribution in [1.29, 1.82) is 5.26 Å². The Bertz CT molecular complexity index is 1500. The Morgan fingerprint density at radius 3 is 2.47 bits per heavy atom. The summed E-state index contributed by atoms with van der Waals surface area (Å²) in [5, 5.41) is 10.2. The van der Waals surface area contributed by atoms with Gasteiger partial charge in [-0.1, -0.05) is 42.1 Å². The lowest BCUT2D eigenvalue weighted by atomic mass is 10.2. The van der Waals surface area contributed by atoms with E-state index in [2.05, 4.69) is 11.1 Å². The number of oxazole rings is 1. The second-order valence-electron chi connectivity index (χ2n) is 7.01. The SMILES string of the molecule is N#Cc1ccc(-n2c(SCc3coc(-c4ccccc4)n3)nc3ccccc3c2=O)cc1. The van der Waals surface area contributed by atoms with E-state index in [9.17, 15) is 4.79 Å². The predicted molar refractivity (Wildman–Crippen MR) is 124 cm³/mol. The lowest BCUT2D eigenvalue weighted by Gasteiger charge is -2.13. The molecule has 5 aromatic rings. The molecule has 0 radical (unpaired) electrons. The van der Waals surface area contributed by atoms with Gasteiger partial charge >= 0.3 is 0 Å². The minimum atomic E-state index is -0.159. The third kappa shape index (κ3) is 3.80. The van der Waals surface area contributed by atoms with Gasteiger partial charge in [0.1, 0.15) is 6.26 Å². The first-order valence-electron chi connectivity index (χ1n) is 9.88. The van der Waals surface area contributed by atoms with E-state index >= 15 is 0 Å². The number of thioether (sulfide) groups is 1. The van der Waals surface area contributed by atoms with E-state index in [1.807, 2.05) is 48.5 Å². The molecule has 0 aliphatic carbocycles. The summed E-state index contributed by atoms with van der Waals surface area (Å²) in [5.74, 6) is 1.04. The first kappa shape index (κ1) is 19.8. The van der Waals surface area contributed by atoms with E-state index in [1.54, 1.807) is 41.2 Å². The van der Waals surface area contributed by atoms with Crippen LogP contribution in [0, 0.1) is 11.3 Å². The third-order valence-corrected chi connectivity index (χ3v) is 5.89. The second-order valence-corrected chi connectivity index (χ2v) is 7.95. The van der Waals surface area contributed by atoms with Gasteiger partial charge in [0.25, 0.3) is 5.56 Å². The maximum absolute atomic E-state index is 13.3. The summed E-state index contributed by atoms with van der Waals surface area (Å²) in [5.41, 5.74) is 3.31. The maximum Gasteiger partial charge on any atom is 0.266 e. The van der Waals surface area contributed by atoms with Crippen LogP contribution >= 0.6 is 11.8 Å². The summed E-state index contributed by atoms with van der Waals surface area (Å²) in [7, 11) is 0. The lowest BCUT2D eigenvalue weighted by Crippen LogP contribution is -2.21. The molecule has 0 amide bonds. The van der Waals surface area contributed by atoms with Gasteiger partial charge in [-0.2, -0.15) is 5.26 Å². The second kappa shape index (κ2) is 8.53. The van der Waals surface area contributed by atoms with Gasteiger partial charge in [0.15, 0.2) is 5.16 Å². The van der Waals surface area contributed by atoms with Crippen molar-refractivity contribution < 1.29 is 4.42 Å². The Labute approximate surface area is 187 Å². The molecule has 0 saturated carbocycles. The molecule has 0 fully saturated rings. The highest BCUT2D eigenvalue weighted by molar-refractivity contribution is 7.98. The Morgan fingerprint density at radius 2 is 1.69 bits per heavy atom. The number of nitrogens with zero attached hydrogens (tertiary/aromatic N) is 4. The number of benzene rings is 3. The third-order valence-electron chi connectivity index (χ3n) is 4.92. The van der Waals surface area contributed by atoms with Gasteiger partial charge in [-0.25, -0.2) is 9.97 Å². The molecule has 0 bridgehead atoms. The minimum Gasteiger partial charge on any atom is -0.444 e. The van der Waals surface area contributed by atoms with Gasteiger partial charge < -0.3 is 4.42 Å². The fraction of sp³-hybridized carbons (Fsp3) is 0.0400. The number of para-hydroxylation sites is 1. The topological polar surface area (TPSA) is 84.7 Å². The Kier molecular flexibility index (Phi) is 5.28. The number of nitriles is 1. The van der Waals surface area contributed by atoms with Crippen LogP contribution in [0.1, 0.15) is 11.3 Å². The molecule has 2 aromatic heterocycles. The zero-order valence-corrected chi connectivity index (χ0v) is 17.6.